The third-order valence-corrected chi connectivity index (χ3v) is 5.64. The number of pyridine rings is 1. The summed E-state index contributed by atoms with van der Waals surface area (Å²) in [5, 5.41) is 4.41. The van der Waals surface area contributed by atoms with Gasteiger partial charge in [0, 0.05) is 0 Å². The first kappa shape index (κ1) is 19.1. The lowest BCUT2D eigenvalue weighted by Crippen LogP contribution is -2.09. The molecule has 0 N–H and O–H groups in total. The smallest absolute Gasteiger partial charge is 0.297 e. The average molecular weight is 410 g/mol. The fraction of sp³-hybridized carbons (Fsp3) is 0.143. The second kappa shape index (κ2) is 8.02. The summed E-state index contributed by atoms with van der Waals surface area (Å²) in [5.41, 5.74) is 2.48. The lowest BCUT2D eigenvalue weighted by Gasteiger charge is -2.13. The number of hydrogen-bond donors (Lipinski definition) is 0. The Hall–Kier alpha value is -3.23. The van der Waals surface area contributed by atoms with Gasteiger partial charge in [-0.25, -0.2) is 4.98 Å². The predicted octanol–water partition coefficient (Wildman–Crippen LogP) is 4.02. The zero-order valence-electron chi connectivity index (χ0n) is 15.6. The largest absolute Gasteiger partial charge is 0.473 e. The van der Waals surface area contributed by atoms with Crippen LogP contribution in [0.25, 0.3) is 11.0 Å². The van der Waals surface area contributed by atoms with E-state index >= 15 is 0 Å². The molecule has 0 unspecified atom stereocenters. The summed E-state index contributed by atoms with van der Waals surface area (Å²) in [4.78, 5) is 4.51. The summed E-state index contributed by atoms with van der Waals surface area (Å²) in [7, 11) is -3.94. The lowest BCUT2D eigenvalue weighted by atomic mass is 10.1. The van der Waals surface area contributed by atoms with Crippen LogP contribution in [0.15, 0.2) is 76.3 Å². The fourth-order valence-electron chi connectivity index (χ4n) is 2.88. The van der Waals surface area contributed by atoms with E-state index in [-0.39, 0.29) is 24.0 Å². The van der Waals surface area contributed by atoms with Crippen molar-refractivity contribution >= 4 is 21.1 Å². The maximum absolute atomic E-state index is 12.5. The molecule has 2 aromatic heterocycles. The number of hydrogen-bond acceptors (Lipinski definition) is 7. The third kappa shape index (κ3) is 4.13. The van der Waals surface area contributed by atoms with Crippen LogP contribution in [0.3, 0.4) is 0 Å². The Bertz CT molecular complexity index is 1220. The van der Waals surface area contributed by atoms with E-state index in [0.29, 0.717) is 22.2 Å². The van der Waals surface area contributed by atoms with Crippen LogP contribution in [0.5, 0.6) is 5.88 Å². The quantitative estimate of drug-likeness (QED) is 0.425. The zero-order valence-corrected chi connectivity index (χ0v) is 16.4. The maximum Gasteiger partial charge on any atom is 0.297 e. The van der Waals surface area contributed by atoms with Crippen molar-refractivity contribution in [2.24, 2.45) is 0 Å². The van der Waals surface area contributed by atoms with Gasteiger partial charge in [0.05, 0.1) is 34.3 Å². The summed E-state index contributed by atoms with van der Waals surface area (Å²) in [6, 6.07) is 17.6. The second-order valence-electron chi connectivity index (χ2n) is 6.35. The van der Waals surface area contributed by atoms with Crippen LogP contribution in [0.1, 0.15) is 16.8 Å². The number of rotatable bonds is 7. The van der Waals surface area contributed by atoms with E-state index in [0.717, 1.165) is 5.56 Å². The first-order valence-electron chi connectivity index (χ1n) is 8.89. The van der Waals surface area contributed by atoms with Crippen molar-refractivity contribution in [2.45, 2.75) is 25.0 Å². The standard InChI is InChI=1S/C21H18N2O5S/c1-15-20-18(12-22-28-20)19(14-27-29(24,25)17-10-6-3-7-11-17)21(23-15)26-13-16-8-4-2-5-9-16/h2-12H,13-14H2,1H3. The van der Waals surface area contributed by atoms with Gasteiger partial charge in [0.2, 0.25) is 5.88 Å². The summed E-state index contributed by atoms with van der Waals surface area (Å²) in [6.45, 7) is 1.79. The van der Waals surface area contributed by atoms with Gasteiger partial charge in [0.25, 0.3) is 10.1 Å². The Morgan fingerprint density at radius 2 is 1.66 bits per heavy atom. The highest BCUT2D eigenvalue weighted by atomic mass is 32.2. The van der Waals surface area contributed by atoms with Crippen molar-refractivity contribution in [3.8, 4) is 5.88 Å². The molecule has 0 radical (unpaired) electrons. The van der Waals surface area contributed by atoms with E-state index in [2.05, 4.69) is 10.1 Å². The molecule has 7 nitrogen and oxygen atoms in total. The van der Waals surface area contributed by atoms with E-state index in [1.807, 2.05) is 30.3 Å². The molecule has 0 atom stereocenters. The van der Waals surface area contributed by atoms with Crippen molar-refractivity contribution in [2.75, 3.05) is 0 Å². The highest BCUT2D eigenvalue weighted by molar-refractivity contribution is 7.86. The maximum atomic E-state index is 12.5. The Balaban J connectivity index is 1.65. The molecule has 0 spiro atoms. The van der Waals surface area contributed by atoms with Gasteiger partial charge in [-0.1, -0.05) is 53.7 Å². The van der Waals surface area contributed by atoms with E-state index in [1.165, 1.54) is 18.3 Å². The molecule has 0 aliphatic heterocycles. The zero-order chi connectivity index (χ0) is 20.3. The molecule has 0 saturated heterocycles. The van der Waals surface area contributed by atoms with Crippen LogP contribution in [0.2, 0.25) is 0 Å². The van der Waals surface area contributed by atoms with Gasteiger partial charge in [-0.2, -0.15) is 8.42 Å². The van der Waals surface area contributed by atoms with Gasteiger partial charge < -0.3 is 9.26 Å². The molecule has 2 aromatic carbocycles. The molecule has 0 aliphatic rings. The molecule has 8 heteroatoms. The molecular formula is C21H18N2O5S. The molecular weight excluding hydrogens is 392 g/mol. The van der Waals surface area contributed by atoms with Crippen molar-refractivity contribution < 1.29 is 21.9 Å². The van der Waals surface area contributed by atoms with Crippen molar-refractivity contribution in [3.63, 3.8) is 0 Å². The lowest BCUT2D eigenvalue weighted by molar-refractivity contribution is 0.268. The van der Waals surface area contributed by atoms with Gasteiger partial charge in [0.1, 0.15) is 6.61 Å². The van der Waals surface area contributed by atoms with Crippen molar-refractivity contribution in [1.29, 1.82) is 0 Å². The van der Waals surface area contributed by atoms with Crippen LogP contribution < -0.4 is 4.74 Å². The number of fused-ring (bicyclic) bond motifs is 1. The van der Waals surface area contributed by atoms with Gasteiger partial charge >= 0.3 is 0 Å². The summed E-state index contributed by atoms with van der Waals surface area (Å²) < 4.78 is 41.5. The Labute approximate surface area is 168 Å². The minimum Gasteiger partial charge on any atom is -0.473 e. The fourth-order valence-corrected chi connectivity index (χ4v) is 3.78. The molecule has 4 rings (SSSR count). The van der Waals surface area contributed by atoms with Gasteiger partial charge in [-0.15, -0.1) is 0 Å². The van der Waals surface area contributed by atoms with E-state index in [4.69, 9.17) is 13.4 Å². The highest BCUT2D eigenvalue weighted by Crippen LogP contribution is 2.30. The molecule has 2 heterocycles. The van der Waals surface area contributed by atoms with Crippen LogP contribution >= 0.6 is 0 Å². The van der Waals surface area contributed by atoms with E-state index < -0.39 is 10.1 Å². The van der Waals surface area contributed by atoms with Crippen LogP contribution in [-0.2, 0) is 27.5 Å². The minimum absolute atomic E-state index is 0.0772. The van der Waals surface area contributed by atoms with E-state index in [9.17, 15) is 8.42 Å². The molecule has 0 fully saturated rings. The number of aromatic nitrogens is 2. The molecule has 29 heavy (non-hydrogen) atoms. The Morgan fingerprint density at radius 1 is 0.966 bits per heavy atom. The Morgan fingerprint density at radius 3 is 2.38 bits per heavy atom. The van der Waals surface area contributed by atoms with Crippen molar-refractivity contribution in [3.05, 3.63) is 83.7 Å². The molecule has 0 bridgehead atoms. The molecule has 148 valence electrons. The molecule has 0 saturated carbocycles. The van der Waals surface area contributed by atoms with Gasteiger partial charge in [-0.05, 0) is 24.6 Å². The second-order valence-corrected chi connectivity index (χ2v) is 7.97. The average Bonchev–Trinajstić information content (AvgIpc) is 3.24. The van der Waals surface area contributed by atoms with Crippen LogP contribution in [0.4, 0.5) is 0 Å². The first-order chi connectivity index (χ1) is 14.0. The van der Waals surface area contributed by atoms with E-state index in [1.54, 1.807) is 25.1 Å². The minimum atomic E-state index is -3.94. The highest BCUT2D eigenvalue weighted by Gasteiger charge is 2.21. The van der Waals surface area contributed by atoms with Gasteiger partial charge in [-0.3, -0.25) is 4.18 Å². The topological polar surface area (TPSA) is 91.5 Å². The molecule has 4 aromatic rings. The van der Waals surface area contributed by atoms with Crippen LogP contribution in [0, 0.1) is 6.92 Å². The number of ether oxygens (including phenoxy) is 1. The SMILES string of the molecule is Cc1nc(OCc2ccccc2)c(COS(=O)(=O)c2ccccc2)c2cnoc12. The molecule has 0 amide bonds. The van der Waals surface area contributed by atoms with Crippen LogP contribution in [-0.4, -0.2) is 18.6 Å². The number of aryl methyl sites for hydroxylation is 1. The molecule has 0 aliphatic carbocycles. The summed E-state index contributed by atoms with van der Waals surface area (Å²) in [6.07, 6.45) is 1.51. The predicted molar refractivity (Wildman–Crippen MR) is 106 cm³/mol. The summed E-state index contributed by atoms with van der Waals surface area (Å²) in [5.74, 6) is 0.283. The first-order valence-corrected chi connectivity index (χ1v) is 10.3. The monoisotopic (exact) mass is 410 g/mol. The number of benzene rings is 2. The normalized spacial score (nSPS) is 11.6. The van der Waals surface area contributed by atoms with Gasteiger partial charge in [0.15, 0.2) is 5.58 Å². The van der Waals surface area contributed by atoms with Crippen molar-refractivity contribution in [1.82, 2.24) is 10.1 Å². The summed E-state index contributed by atoms with van der Waals surface area (Å²) >= 11 is 0. The number of nitrogens with zero attached hydrogens (tertiary/aromatic N) is 2. The third-order valence-electron chi connectivity index (χ3n) is 4.36. The Kier molecular flexibility index (Phi) is 5.28.